The molecule has 2 fully saturated rings. The molecule has 2 aliphatic heterocycles. The molecule has 3 atom stereocenters. The van der Waals surface area contributed by atoms with Gasteiger partial charge in [-0.1, -0.05) is 30.3 Å². The molecule has 2 aliphatic rings. The summed E-state index contributed by atoms with van der Waals surface area (Å²) < 4.78 is 0. The van der Waals surface area contributed by atoms with Crippen LogP contribution in [0.4, 0.5) is 4.79 Å². The van der Waals surface area contributed by atoms with Crippen LogP contribution in [0, 0.1) is 5.92 Å². The van der Waals surface area contributed by atoms with E-state index in [0.717, 1.165) is 39.1 Å². The summed E-state index contributed by atoms with van der Waals surface area (Å²) >= 11 is 0. The topological polar surface area (TPSA) is 38.8 Å². The Morgan fingerprint density at radius 1 is 1.24 bits per heavy atom. The lowest BCUT2D eigenvalue weighted by Gasteiger charge is -2.26. The van der Waals surface area contributed by atoms with Gasteiger partial charge in [0.15, 0.2) is 0 Å². The van der Waals surface area contributed by atoms with E-state index in [-0.39, 0.29) is 12.1 Å². The molecule has 0 aliphatic carbocycles. The van der Waals surface area contributed by atoms with Gasteiger partial charge in [-0.15, -0.1) is 0 Å². The largest absolute Gasteiger partial charge is 0.334 e. The Balaban J connectivity index is 1.45. The van der Waals surface area contributed by atoms with Crippen molar-refractivity contribution in [2.75, 3.05) is 46.8 Å². The van der Waals surface area contributed by atoms with Crippen molar-refractivity contribution in [3.8, 4) is 0 Å². The van der Waals surface area contributed by atoms with Crippen molar-refractivity contribution < 1.29 is 4.79 Å². The zero-order valence-corrected chi connectivity index (χ0v) is 15.8. The van der Waals surface area contributed by atoms with Gasteiger partial charge in [0, 0.05) is 45.3 Å². The quantitative estimate of drug-likeness (QED) is 0.892. The molecule has 25 heavy (non-hydrogen) atoms. The van der Waals surface area contributed by atoms with E-state index in [1.807, 2.05) is 11.9 Å². The van der Waals surface area contributed by atoms with E-state index in [4.69, 9.17) is 0 Å². The summed E-state index contributed by atoms with van der Waals surface area (Å²) in [6.07, 6.45) is 2.23. The number of nitrogens with zero attached hydrogens (tertiary/aromatic N) is 3. The first-order valence-corrected chi connectivity index (χ1v) is 9.52. The Kier molecular flexibility index (Phi) is 5.97. The summed E-state index contributed by atoms with van der Waals surface area (Å²) in [5, 5.41) is 3.23. The molecule has 2 amide bonds. The third-order valence-corrected chi connectivity index (χ3v) is 5.74. The van der Waals surface area contributed by atoms with Crippen LogP contribution in [0.25, 0.3) is 0 Å². The number of hydrogen-bond acceptors (Lipinski definition) is 3. The second-order valence-corrected chi connectivity index (χ2v) is 7.81. The summed E-state index contributed by atoms with van der Waals surface area (Å²) in [6, 6.07) is 11.3. The molecule has 5 nitrogen and oxygen atoms in total. The van der Waals surface area contributed by atoms with E-state index in [9.17, 15) is 4.79 Å². The normalized spacial score (nSPS) is 25.9. The number of likely N-dealkylation sites (tertiary alicyclic amines) is 2. The molecule has 3 rings (SSSR count). The van der Waals surface area contributed by atoms with Crippen LogP contribution in [-0.4, -0.2) is 73.6 Å². The Hall–Kier alpha value is -1.59. The average molecular weight is 345 g/mol. The van der Waals surface area contributed by atoms with Crippen LogP contribution in [0.2, 0.25) is 0 Å². The van der Waals surface area contributed by atoms with Crippen LogP contribution >= 0.6 is 0 Å². The Morgan fingerprint density at radius 3 is 2.68 bits per heavy atom. The number of urea groups is 1. The number of rotatable bonds is 5. The highest BCUT2D eigenvalue weighted by Crippen LogP contribution is 2.24. The van der Waals surface area contributed by atoms with E-state index < -0.39 is 0 Å². The maximum Gasteiger partial charge on any atom is 0.317 e. The fourth-order valence-corrected chi connectivity index (χ4v) is 4.13. The SMILES string of the molecule is C[C@H](c1ccccc1)N1CC[C@@H](NC(=O)N(C)C[C@@H]2CCN(C)C2)C1. The van der Waals surface area contributed by atoms with E-state index >= 15 is 0 Å². The molecule has 5 heteroatoms. The molecule has 1 N–H and O–H groups in total. The minimum Gasteiger partial charge on any atom is -0.334 e. The molecule has 2 heterocycles. The van der Waals surface area contributed by atoms with Crippen LogP contribution < -0.4 is 5.32 Å². The lowest BCUT2D eigenvalue weighted by atomic mass is 10.1. The third kappa shape index (κ3) is 4.73. The first kappa shape index (κ1) is 18.2. The van der Waals surface area contributed by atoms with E-state index in [1.165, 1.54) is 12.0 Å². The minimum absolute atomic E-state index is 0.0776. The van der Waals surface area contributed by atoms with Gasteiger partial charge in [0.2, 0.25) is 0 Å². The molecule has 1 aromatic rings. The van der Waals surface area contributed by atoms with Crippen LogP contribution in [-0.2, 0) is 0 Å². The molecule has 0 spiro atoms. The highest BCUT2D eigenvalue weighted by atomic mass is 16.2. The second-order valence-electron chi connectivity index (χ2n) is 7.81. The molecule has 2 saturated heterocycles. The Bertz CT molecular complexity index is 564. The molecule has 0 saturated carbocycles. The molecule has 0 aromatic heterocycles. The Labute approximate surface area is 152 Å². The maximum atomic E-state index is 12.5. The molecule has 138 valence electrons. The lowest BCUT2D eigenvalue weighted by Crippen LogP contribution is -2.45. The molecule has 0 unspecified atom stereocenters. The molecule has 0 bridgehead atoms. The van der Waals surface area contributed by atoms with Gasteiger partial charge in [-0.2, -0.15) is 0 Å². The summed E-state index contributed by atoms with van der Waals surface area (Å²) in [7, 11) is 4.08. The summed E-state index contributed by atoms with van der Waals surface area (Å²) in [4.78, 5) is 19.2. The molecular formula is C20H32N4O. The number of carbonyl (C=O) groups is 1. The highest BCUT2D eigenvalue weighted by Gasteiger charge is 2.29. The first-order chi connectivity index (χ1) is 12.0. The molecular weight excluding hydrogens is 312 g/mol. The van der Waals surface area contributed by atoms with Gasteiger partial charge < -0.3 is 15.1 Å². The fraction of sp³-hybridized carbons (Fsp3) is 0.650. The minimum atomic E-state index is 0.0776. The zero-order valence-electron chi connectivity index (χ0n) is 15.8. The fourth-order valence-electron chi connectivity index (χ4n) is 4.13. The average Bonchev–Trinajstić information content (AvgIpc) is 3.24. The highest BCUT2D eigenvalue weighted by molar-refractivity contribution is 5.74. The van der Waals surface area contributed by atoms with Gasteiger partial charge in [-0.25, -0.2) is 4.79 Å². The van der Waals surface area contributed by atoms with Crippen LogP contribution in [0.5, 0.6) is 0 Å². The van der Waals surface area contributed by atoms with Crippen molar-refractivity contribution in [1.82, 2.24) is 20.0 Å². The van der Waals surface area contributed by atoms with Crippen LogP contribution in [0.3, 0.4) is 0 Å². The van der Waals surface area contributed by atoms with E-state index in [0.29, 0.717) is 12.0 Å². The lowest BCUT2D eigenvalue weighted by molar-refractivity contribution is 0.194. The summed E-state index contributed by atoms with van der Waals surface area (Å²) in [5.41, 5.74) is 1.34. The number of amides is 2. The summed E-state index contributed by atoms with van der Waals surface area (Å²) in [6.45, 7) is 7.33. The Morgan fingerprint density at radius 2 is 2.00 bits per heavy atom. The van der Waals surface area contributed by atoms with Gasteiger partial charge in [0.05, 0.1) is 0 Å². The van der Waals surface area contributed by atoms with Crippen LogP contribution in [0.15, 0.2) is 30.3 Å². The standard InChI is InChI=1S/C20H32N4O/c1-16(18-7-5-4-6-8-18)24-12-10-19(15-24)21-20(25)23(3)14-17-9-11-22(2)13-17/h4-8,16-17,19H,9-15H2,1-3H3,(H,21,25)/t16-,17-,19-/m1/s1. The van der Waals surface area contributed by atoms with Crippen molar-refractivity contribution in [2.24, 2.45) is 5.92 Å². The monoisotopic (exact) mass is 344 g/mol. The zero-order chi connectivity index (χ0) is 17.8. The van der Waals surface area contributed by atoms with Crippen molar-refractivity contribution in [3.05, 3.63) is 35.9 Å². The third-order valence-electron chi connectivity index (χ3n) is 5.74. The van der Waals surface area contributed by atoms with E-state index in [2.05, 4.69) is 59.4 Å². The van der Waals surface area contributed by atoms with Gasteiger partial charge in [0.1, 0.15) is 0 Å². The first-order valence-electron chi connectivity index (χ1n) is 9.52. The van der Waals surface area contributed by atoms with Crippen LogP contribution in [0.1, 0.15) is 31.4 Å². The van der Waals surface area contributed by atoms with E-state index in [1.54, 1.807) is 0 Å². The van der Waals surface area contributed by atoms with Crippen molar-refractivity contribution >= 4 is 6.03 Å². The van der Waals surface area contributed by atoms with Crippen molar-refractivity contribution in [1.29, 1.82) is 0 Å². The predicted octanol–water partition coefficient (Wildman–Crippen LogP) is 2.42. The van der Waals surface area contributed by atoms with Crippen molar-refractivity contribution in [2.45, 2.75) is 31.8 Å². The maximum absolute atomic E-state index is 12.5. The molecule has 1 aromatic carbocycles. The van der Waals surface area contributed by atoms with Gasteiger partial charge in [-0.3, -0.25) is 4.90 Å². The van der Waals surface area contributed by atoms with Crippen molar-refractivity contribution in [3.63, 3.8) is 0 Å². The molecule has 0 radical (unpaired) electrons. The smallest absolute Gasteiger partial charge is 0.317 e. The second kappa shape index (κ2) is 8.19. The number of benzene rings is 1. The summed E-state index contributed by atoms with van der Waals surface area (Å²) in [5.74, 6) is 0.610. The predicted molar refractivity (Wildman–Crippen MR) is 102 cm³/mol. The van der Waals surface area contributed by atoms with Gasteiger partial charge >= 0.3 is 6.03 Å². The number of carbonyl (C=O) groups excluding carboxylic acids is 1. The number of hydrogen-bond donors (Lipinski definition) is 1. The van der Waals surface area contributed by atoms with Gasteiger partial charge in [-0.05, 0) is 44.8 Å². The number of nitrogens with one attached hydrogen (secondary N) is 1. The van der Waals surface area contributed by atoms with Gasteiger partial charge in [0.25, 0.3) is 0 Å².